The first kappa shape index (κ1) is 16.1. The molecule has 0 saturated heterocycles. The van der Waals surface area contributed by atoms with Gasteiger partial charge in [-0.2, -0.15) is 0 Å². The van der Waals surface area contributed by atoms with Crippen molar-refractivity contribution in [2.75, 3.05) is 14.2 Å². The van der Waals surface area contributed by atoms with E-state index in [1.807, 2.05) is 32.0 Å². The summed E-state index contributed by atoms with van der Waals surface area (Å²) in [6, 6.07) is 8.95. The molecule has 0 aliphatic heterocycles. The van der Waals surface area contributed by atoms with Gasteiger partial charge in [-0.3, -0.25) is 4.79 Å². The second-order valence-corrected chi connectivity index (χ2v) is 5.08. The topological polar surface area (TPSA) is 66.5 Å². The highest BCUT2D eigenvalue weighted by molar-refractivity contribution is 5.69. The number of hydrogen-bond donors (Lipinski definition) is 1. The minimum absolute atomic E-state index is 0.0622. The molecule has 1 aromatic carbocycles. The van der Waals surface area contributed by atoms with E-state index in [4.69, 9.17) is 15.2 Å². The Kier molecular flexibility index (Phi) is 4.88. The van der Waals surface area contributed by atoms with E-state index in [-0.39, 0.29) is 11.6 Å². The van der Waals surface area contributed by atoms with Gasteiger partial charge in [0.15, 0.2) is 0 Å². The molecule has 0 saturated carbocycles. The fourth-order valence-corrected chi connectivity index (χ4v) is 2.50. The monoisotopic (exact) mass is 302 g/mol. The van der Waals surface area contributed by atoms with Crippen LogP contribution in [0.4, 0.5) is 0 Å². The molecule has 0 fully saturated rings. The maximum Gasteiger partial charge on any atom is 0.255 e. The summed E-state index contributed by atoms with van der Waals surface area (Å²) in [5.74, 6) is 1.37. The van der Waals surface area contributed by atoms with Crippen LogP contribution in [0.3, 0.4) is 0 Å². The minimum atomic E-state index is -0.294. The van der Waals surface area contributed by atoms with Crippen LogP contribution in [0.1, 0.15) is 25.5 Å². The normalized spacial score (nSPS) is 12.0. The molecule has 5 nitrogen and oxygen atoms in total. The van der Waals surface area contributed by atoms with Crippen molar-refractivity contribution in [1.82, 2.24) is 4.57 Å². The summed E-state index contributed by atoms with van der Waals surface area (Å²) in [5.41, 5.74) is 8.06. The van der Waals surface area contributed by atoms with Crippen LogP contribution in [0.2, 0.25) is 0 Å². The Morgan fingerprint density at radius 1 is 1.18 bits per heavy atom. The number of ether oxygens (including phenoxy) is 2. The lowest BCUT2D eigenvalue weighted by molar-refractivity contribution is 0.395. The first-order valence-corrected chi connectivity index (χ1v) is 7.25. The van der Waals surface area contributed by atoms with Gasteiger partial charge in [-0.1, -0.05) is 0 Å². The second kappa shape index (κ2) is 6.66. The summed E-state index contributed by atoms with van der Waals surface area (Å²) in [7, 11) is 3.21. The van der Waals surface area contributed by atoms with Crippen LogP contribution in [0.5, 0.6) is 11.5 Å². The molecule has 0 radical (unpaired) electrons. The predicted octanol–water partition coefficient (Wildman–Crippen LogP) is 2.57. The van der Waals surface area contributed by atoms with Gasteiger partial charge in [0.05, 0.1) is 19.9 Å². The second-order valence-electron chi connectivity index (χ2n) is 5.08. The Bertz CT molecular complexity index is 720. The molecule has 5 heteroatoms. The molecular weight excluding hydrogens is 280 g/mol. The van der Waals surface area contributed by atoms with Crippen LogP contribution in [0.15, 0.2) is 35.1 Å². The van der Waals surface area contributed by atoms with Crippen molar-refractivity contribution in [2.45, 2.75) is 26.4 Å². The number of methoxy groups -OCH3 is 2. The fraction of sp³-hybridized carbons (Fsp3) is 0.353. The third kappa shape index (κ3) is 2.85. The molecule has 0 amide bonds. The number of rotatable bonds is 5. The number of pyridine rings is 1. The highest BCUT2D eigenvalue weighted by Crippen LogP contribution is 2.33. The van der Waals surface area contributed by atoms with Gasteiger partial charge >= 0.3 is 0 Å². The standard InChI is InChI=1S/C17H22N2O3/c1-5-19-15(9-8-13(11(2)18)17(19)20)14-7-6-12(21-3)10-16(14)22-4/h6-11H,5,18H2,1-4H3. The fourth-order valence-electron chi connectivity index (χ4n) is 2.50. The van der Waals surface area contributed by atoms with E-state index < -0.39 is 0 Å². The van der Waals surface area contributed by atoms with Crippen molar-refractivity contribution in [1.29, 1.82) is 0 Å². The third-order valence-electron chi connectivity index (χ3n) is 3.70. The molecule has 0 spiro atoms. The lowest BCUT2D eigenvalue weighted by Crippen LogP contribution is -2.27. The molecule has 0 bridgehead atoms. The SMILES string of the molecule is CCn1c(-c2ccc(OC)cc2OC)ccc(C(C)N)c1=O. The number of hydrogen-bond acceptors (Lipinski definition) is 4. The lowest BCUT2D eigenvalue weighted by Gasteiger charge is -2.17. The van der Waals surface area contributed by atoms with Gasteiger partial charge in [0.2, 0.25) is 0 Å². The van der Waals surface area contributed by atoms with Gasteiger partial charge in [0.1, 0.15) is 11.5 Å². The van der Waals surface area contributed by atoms with E-state index in [1.165, 1.54) is 0 Å². The largest absolute Gasteiger partial charge is 0.497 e. The average Bonchev–Trinajstić information content (AvgIpc) is 2.53. The average molecular weight is 302 g/mol. The van der Waals surface area contributed by atoms with Crippen LogP contribution in [0, 0.1) is 0 Å². The van der Waals surface area contributed by atoms with Crippen LogP contribution in [0.25, 0.3) is 11.3 Å². The van der Waals surface area contributed by atoms with Crippen molar-refractivity contribution >= 4 is 0 Å². The summed E-state index contributed by atoms with van der Waals surface area (Å²) in [6.45, 7) is 4.31. The van der Waals surface area contributed by atoms with Crippen molar-refractivity contribution < 1.29 is 9.47 Å². The molecule has 1 unspecified atom stereocenters. The van der Waals surface area contributed by atoms with Crippen LogP contribution in [-0.4, -0.2) is 18.8 Å². The first-order chi connectivity index (χ1) is 10.5. The Morgan fingerprint density at radius 3 is 2.45 bits per heavy atom. The number of nitrogens with zero attached hydrogens (tertiary/aromatic N) is 1. The zero-order valence-corrected chi connectivity index (χ0v) is 13.4. The molecule has 22 heavy (non-hydrogen) atoms. The van der Waals surface area contributed by atoms with E-state index >= 15 is 0 Å². The summed E-state index contributed by atoms with van der Waals surface area (Å²) in [6.07, 6.45) is 0. The quantitative estimate of drug-likeness (QED) is 0.922. The van der Waals surface area contributed by atoms with Crippen LogP contribution < -0.4 is 20.8 Å². The highest BCUT2D eigenvalue weighted by atomic mass is 16.5. The molecule has 2 N–H and O–H groups in total. The summed E-state index contributed by atoms with van der Waals surface area (Å²) in [5, 5.41) is 0. The molecule has 118 valence electrons. The maximum absolute atomic E-state index is 12.6. The first-order valence-electron chi connectivity index (χ1n) is 7.25. The van der Waals surface area contributed by atoms with E-state index in [2.05, 4.69) is 0 Å². The minimum Gasteiger partial charge on any atom is -0.497 e. The zero-order chi connectivity index (χ0) is 16.3. The number of benzene rings is 1. The Balaban J connectivity index is 2.68. The van der Waals surface area contributed by atoms with Crippen molar-refractivity contribution in [3.8, 4) is 22.8 Å². The molecule has 0 aliphatic carbocycles. The van der Waals surface area contributed by atoms with Gasteiger partial charge in [-0.25, -0.2) is 0 Å². The summed E-state index contributed by atoms with van der Waals surface area (Å²) < 4.78 is 12.4. The van der Waals surface area contributed by atoms with Crippen molar-refractivity contribution in [2.24, 2.45) is 5.73 Å². The molecule has 2 aromatic rings. The van der Waals surface area contributed by atoms with E-state index in [0.29, 0.717) is 23.6 Å². The molecule has 1 aromatic heterocycles. The molecule has 1 atom stereocenters. The van der Waals surface area contributed by atoms with Crippen molar-refractivity contribution in [3.63, 3.8) is 0 Å². The van der Waals surface area contributed by atoms with E-state index in [0.717, 1.165) is 11.3 Å². The van der Waals surface area contributed by atoms with Gasteiger partial charge in [0.25, 0.3) is 5.56 Å². The van der Waals surface area contributed by atoms with Crippen LogP contribution >= 0.6 is 0 Å². The van der Waals surface area contributed by atoms with Crippen LogP contribution in [-0.2, 0) is 6.54 Å². The van der Waals surface area contributed by atoms with Gasteiger partial charge in [-0.05, 0) is 38.1 Å². The van der Waals surface area contributed by atoms with E-state index in [1.54, 1.807) is 30.9 Å². The third-order valence-corrected chi connectivity index (χ3v) is 3.70. The number of nitrogens with two attached hydrogens (primary N) is 1. The Morgan fingerprint density at radius 2 is 1.91 bits per heavy atom. The van der Waals surface area contributed by atoms with E-state index in [9.17, 15) is 4.79 Å². The van der Waals surface area contributed by atoms with Gasteiger partial charge in [0, 0.05) is 29.8 Å². The maximum atomic E-state index is 12.6. The molecule has 0 aliphatic rings. The smallest absolute Gasteiger partial charge is 0.255 e. The van der Waals surface area contributed by atoms with Gasteiger partial charge in [-0.15, -0.1) is 0 Å². The van der Waals surface area contributed by atoms with Crippen molar-refractivity contribution in [3.05, 3.63) is 46.2 Å². The molecular formula is C17H22N2O3. The number of aromatic nitrogens is 1. The van der Waals surface area contributed by atoms with Gasteiger partial charge < -0.3 is 19.8 Å². The molecule has 1 heterocycles. The Labute approximate surface area is 130 Å². The summed E-state index contributed by atoms with van der Waals surface area (Å²) >= 11 is 0. The lowest BCUT2D eigenvalue weighted by atomic mass is 10.1. The molecule has 2 rings (SSSR count). The summed E-state index contributed by atoms with van der Waals surface area (Å²) in [4.78, 5) is 12.6. The Hall–Kier alpha value is -2.27. The zero-order valence-electron chi connectivity index (χ0n) is 13.4. The predicted molar refractivity (Wildman–Crippen MR) is 87.5 cm³/mol. The highest BCUT2D eigenvalue weighted by Gasteiger charge is 2.15.